The summed E-state index contributed by atoms with van der Waals surface area (Å²) in [7, 11) is 0. The van der Waals surface area contributed by atoms with E-state index in [4.69, 9.17) is 0 Å². The van der Waals surface area contributed by atoms with Crippen LogP contribution in [0.3, 0.4) is 0 Å². The molecule has 0 aliphatic heterocycles. The van der Waals surface area contributed by atoms with Crippen molar-refractivity contribution < 1.29 is 0 Å². The maximum Gasteiger partial charge on any atom is -0.00489 e. The van der Waals surface area contributed by atoms with Crippen LogP contribution >= 0.6 is 0 Å². The Labute approximate surface area is 263 Å². The Kier molecular flexibility index (Phi) is 37.9. The Morgan fingerprint density at radius 2 is 0.537 bits per heavy atom. The molecule has 248 valence electrons. The van der Waals surface area contributed by atoms with Gasteiger partial charge in [0.2, 0.25) is 0 Å². The molecule has 0 aliphatic carbocycles. The smallest absolute Gasteiger partial charge is 0.00489 e. The lowest BCUT2D eigenvalue weighted by Crippen LogP contribution is -2.16. The minimum Gasteiger partial charge on any atom is -0.317 e. The highest BCUT2D eigenvalue weighted by atomic mass is 14.8. The molecular formula is C40H83N. The van der Waals surface area contributed by atoms with Gasteiger partial charge in [-0.25, -0.2) is 0 Å². The van der Waals surface area contributed by atoms with Crippen LogP contribution in [0.4, 0.5) is 0 Å². The summed E-state index contributed by atoms with van der Waals surface area (Å²) in [4.78, 5) is 0. The van der Waals surface area contributed by atoms with Crippen molar-refractivity contribution in [2.24, 2.45) is 5.92 Å². The molecule has 0 fully saturated rings. The highest BCUT2D eigenvalue weighted by molar-refractivity contribution is 4.56. The van der Waals surface area contributed by atoms with Gasteiger partial charge in [-0.3, -0.25) is 0 Å². The molecule has 0 aliphatic rings. The third-order valence-electron chi connectivity index (χ3n) is 9.83. The first kappa shape index (κ1) is 41.0. The molecule has 0 spiro atoms. The molecule has 0 aromatic rings. The van der Waals surface area contributed by atoms with Crippen molar-refractivity contribution in [1.82, 2.24) is 5.32 Å². The Bertz CT molecular complexity index is 429. The quantitative estimate of drug-likeness (QED) is 0.0724. The molecule has 1 N–H and O–H groups in total. The Hall–Kier alpha value is -0.0400. The van der Waals surface area contributed by atoms with Crippen LogP contribution in [0.25, 0.3) is 0 Å². The second-order valence-electron chi connectivity index (χ2n) is 13.8. The van der Waals surface area contributed by atoms with Crippen molar-refractivity contribution >= 4 is 0 Å². The number of unbranched alkanes of at least 4 members (excludes halogenated alkanes) is 29. The van der Waals surface area contributed by atoms with Crippen LogP contribution in [0, 0.1) is 5.92 Å². The fraction of sp³-hybridized carbons (Fsp3) is 1.00. The van der Waals surface area contributed by atoms with Crippen molar-refractivity contribution in [2.45, 2.75) is 239 Å². The fourth-order valence-corrected chi connectivity index (χ4v) is 6.60. The van der Waals surface area contributed by atoms with Crippen LogP contribution in [-0.4, -0.2) is 13.1 Å². The minimum atomic E-state index is 0.996. The van der Waals surface area contributed by atoms with Crippen molar-refractivity contribution in [2.75, 3.05) is 13.1 Å². The van der Waals surface area contributed by atoms with Crippen LogP contribution in [0.15, 0.2) is 0 Å². The Morgan fingerprint density at radius 3 is 0.805 bits per heavy atom. The lowest BCUT2D eigenvalue weighted by Gasteiger charge is -2.11. The third kappa shape index (κ3) is 36.1. The summed E-state index contributed by atoms with van der Waals surface area (Å²) < 4.78 is 0. The summed E-state index contributed by atoms with van der Waals surface area (Å²) in [6, 6.07) is 0. The van der Waals surface area contributed by atoms with Gasteiger partial charge < -0.3 is 5.32 Å². The molecule has 0 aromatic carbocycles. The van der Waals surface area contributed by atoms with Gasteiger partial charge in [-0.1, -0.05) is 226 Å². The summed E-state index contributed by atoms with van der Waals surface area (Å²) in [6.07, 6.45) is 49.6. The second-order valence-corrected chi connectivity index (χ2v) is 13.8. The van der Waals surface area contributed by atoms with E-state index < -0.39 is 0 Å². The zero-order valence-corrected chi connectivity index (χ0v) is 29.5. The van der Waals surface area contributed by atoms with E-state index in [0.29, 0.717) is 0 Å². The van der Waals surface area contributed by atoms with Gasteiger partial charge in [0.25, 0.3) is 0 Å². The van der Waals surface area contributed by atoms with Gasteiger partial charge in [-0.2, -0.15) is 0 Å². The highest BCUT2D eigenvalue weighted by Crippen LogP contribution is 2.18. The van der Waals surface area contributed by atoms with Crippen molar-refractivity contribution in [1.29, 1.82) is 0 Å². The average Bonchev–Trinajstić information content (AvgIpc) is 2.99. The lowest BCUT2D eigenvalue weighted by atomic mass is 9.95. The van der Waals surface area contributed by atoms with Crippen molar-refractivity contribution in [3.63, 3.8) is 0 Å². The molecule has 0 saturated carbocycles. The summed E-state index contributed by atoms with van der Waals surface area (Å²) in [5.41, 5.74) is 0. The zero-order chi connectivity index (χ0) is 29.7. The SMILES string of the molecule is CCCCCCCCCCCCCCCCCCNCCCCCCCCCCCCCCCCCC(CC)CC. The van der Waals surface area contributed by atoms with E-state index in [0.717, 1.165) is 5.92 Å². The molecule has 41 heavy (non-hydrogen) atoms. The third-order valence-corrected chi connectivity index (χ3v) is 9.83. The molecule has 1 heteroatoms. The number of nitrogens with one attached hydrogen (secondary N) is 1. The number of hydrogen-bond donors (Lipinski definition) is 1. The molecule has 0 bridgehead atoms. The van der Waals surface area contributed by atoms with Gasteiger partial charge in [0, 0.05) is 0 Å². The minimum absolute atomic E-state index is 0.996. The monoisotopic (exact) mass is 578 g/mol. The molecule has 1 nitrogen and oxygen atoms in total. The molecular weight excluding hydrogens is 494 g/mol. The molecule has 0 unspecified atom stereocenters. The number of hydrogen-bond acceptors (Lipinski definition) is 1. The molecule has 0 heterocycles. The van der Waals surface area contributed by atoms with E-state index >= 15 is 0 Å². The van der Waals surface area contributed by atoms with Crippen LogP contribution < -0.4 is 5.32 Å². The average molecular weight is 578 g/mol. The molecule has 0 atom stereocenters. The van der Waals surface area contributed by atoms with E-state index in [-0.39, 0.29) is 0 Å². The predicted octanol–water partition coefficient (Wildman–Crippen LogP) is 14.5. The highest BCUT2D eigenvalue weighted by Gasteiger charge is 2.02. The lowest BCUT2D eigenvalue weighted by molar-refractivity contribution is 0.426. The van der Waals surface area contributed by atoms with E-state index in [1.165, 1.54) is 231 Å². The van der Waals surface area contributed by atoms with Crippen LogP contribution in [0.2, 0.25) is 0 Å². The van der Waals surface area contributed by atoms with E-state index in [1.54, 1.807) is 0 Å². The summed E-state index contributed by atoms with van der Waals surface area (Å²) in [6.45, 7) is 9.51. The summed E-state index contributed by atoms with van der Waals surface area (Å²) >= 11 is 0. The predicted molar refractivity (Wildman–Crippen MR) is 190 cm³/mol. The largest absolute Gasteiger partial charge is 0.317 e. The van der Waals surface area contributed by atoms with Gasteiger partial charge in [0.15, 0.2) is 0 Å². The first-order valence-corrected chi connectivity index (χ1v) is 20.1. The molecule has 0 amide bonds. The first-order valence-electron chi connectivity index (χ1n) is 20.1. The topological polar surface area (TPSA) is 12.0 Å². The van der Waals surface area contributed by atoms with Gasteiger partial charge in [0.05, 0.1) is 0 Å². The number of rotatable bonds is 37. The molecule has 0 radical (unpaired) electrons. The van der Waals surface area contributed by atoms with Crippen LogP contribution in [-0.2, 0) is 0 Å². The maximum atomic E-state index is 3.69. The van der Waals surface area contributed by atoms with Gasteiger partial charge >= 0.3 is 0 Å². The molecule has 0 saturated heterocycles. The van der Waals surface area contributed by atoms with E-state index in [2.05, 4.69) is 26.1 Å². The van der Waals surface area contributed by atoms with Crippen LogP contribution in [0.1, 0.15) is 239 Å². The summed E-state index contributed by atoms with van der Waals surface area (Å²) in [5.74, 6) is 0.996. The maximum absolute atomic E-state index is 3.69. The Balaban J connectivity index is 3.05. The van der Waals surface area contributed by atoms with Gasteiger partial charge in [0.1, 0.15) is 0 Å². The summed E-state index contributed by atoms with van der Waals surface area (Å²) in [5, 5.41) is 3.69. The Morgan fingerprint density at radius 1 is 0.293 bits per heavy atom. The van der Waals surface area contributed by atoms with E-state index in [9.17, 15) is 0 Å². The molecule has 0 aromatic heterocycles. The van der Waals surface area contributed by atoms with Gasteiger partial charge in [-0.15, -0.1) is 0 Å². The van der Waals surface area contributed by atoms with Crippen molar-refractivity contribution in [3.05, 3.63) is 0 Å². The van der Waals surface area contributed by atoms with Crippen molar-refractivity contribution in [3.8, 4) is 0 Å². The first-order chi connectivity index (χ1) is 20.3. The standard InChI is InChI=1S/C40H83N/c1-4-7-8-9-10-11-12-13-14-17-20-23-26-29-32-35-38-41-39-36-33-30-27-24-21-18-15-16-19-22-25-28-31-34-37-40(5-2)6-3/h40-41H,4-39H2,1-3H3. The van der Waals surface area contributed by atoms with E-state index in [1.807, 2.05) is 0 Å². The van der Waals surface area contributed by atoms with Crippen LogP contribution in [0.5, 0.6) is 0 Å². The normalized spacial score (nSPS) is 11.7. The molecule has 0 rings (SSSR count). The fourth-order valence-electron chi connectivity index (χ4n) is 6.60. The van der Waals surface area contributed by atoms with Gasteiger partial charge in [-0.05, 0) is 31.8 Å². The zero-order valence-electron chi connectivity index (χ0n) is 29.5. The second kappa shape index (κ2) is 38.0.